The van der Waals surface area contributed by atoms with Crippen LogP contribution < -0.4 is 4.90 Å². The number of allylic oxidation sites excluding steroid dienone is 1. The van der Waals surface area contributed by atoms with Crippen molar-refractivity contribution in [1.29, 1.82) is 0 Å². The molecule has 5 rings (SSSR count). The number of para-hydroxylation sites is 1. The standard InChI is InChI=1S/C25H34N2O3/c1-17-7-6-8-18-15-21-22(23(28)25(17,18)2)20(24(29)30-21)16-26-11-13-27(14-12-26)19-9-4-3-5-10-19/h3-5,8-10,17,20-23,28H,6-7,11-16H2,1-2H3/t17-,20+,21+,22-,23-,25+/m0/s1. The summed E-state index contributed by atoms with van der Waals surface area (Å²) in [6.07, 6.45) is 4.59. The number of aliphatic hydroxyl groups excluding tert-OH is 1. The third kappa shape index (κ3) is 3.18. The molecule has 0 radical (unpaired) electrons. The summed E-state index contributed by atoms with van der Waals surface area (Å²) in [6, 6.07) is 10.5. The molecule has 0 bridgehead atoms. The number of carbonyl (C=O) groups is 1. The van der Waals surface area contributed by atoms with Crippen LogP contribution in [-0.4, -0.2) is 60.9 Å². The Labute approximate surface area is 179 Å². The minimum atomic E-state index is -0.514. The summed E-state index contributed by atoms with van der Waals surface area (Å²) in [4.78, 5) is 17.6. The van der Waals surface area contributed by atoms with Crippen LogP contribution >= 0.6 is 0 Å². The van der Waals surface area contributed by atoms with Crippen LogP contribution in [0.1, 0.15) is 33.1 Å². The first-order valence-corrected chi connectivity index (χ1v) is 11.6. The van der Waals surface area contributed by atoms with E-state index in [9.17, 15) is 9.90 Å². The van der Waals surface area contributed by atoms with Gasteiger partial charge in [0.2, 0.25) is 0 Å². The first-order chi connectivity index (χ1) is 14.5. The van der Waals surface area contributed by atoms with Crippen LogP contribution in [0.25, 0.3) is 0 Å². The quantitative estimate of drug-likeness (QED) is 0.613. The average molecular weight is 411 g/mol. The minimum Gasteiger partial charge on any atom is -0.461 e. The smallest absolute Gasteiger partial charge is 0.311 e. The Morgan fingerprint density at radius 3 is 2.63 bits per heavy atom. The fourth-order valence-electron chi connectivity index (χ4n) is 6.38. The average Bonchev–Trinajstić information content (AvgIpc) is 3.07. The van der Waals surface area contributed by atoms with Crippen molar-refractivity contribution in [3.8, 4) is 0 Å². The number of anilines is 1. The zero-order valence-electron chi connectivity index (χ0n) is 18.2. The van der Waals surface area contributed by atoms with E-state index in [0.29, 0.717) is 12.5 Å². The third-order valence-corrected chi connectivity index (χ3v) is 8.52. The molecule has 1 N–H and O–H groups in total. The lowest BCUT2D eigenvalue weighted by Gasteiger charge is -2.52. The summed E-state index contributed by atoms with van der Waals surface area (Å²) in [5, 5.41) is 11.5. The van der Waals surface area contributed by atoms with Gasteiger partial charge in [-0.2, -0.15) is 0 Å². The highest BCUT2D eigenvalue weighted by molar-refractivity contribution is 5.76. The zero-order valence-corrected chi connectivity index (χ0v) is 18.2. The van der Waals surface area contributed by atoms with Crippen LogP contribution in [-0.2, 0) is 9.53 Å². The molecule has 1 saturated carbocycles. The minimum absolute atomic E-state index is 0.0904. The molecular weight excluding hydrogens is 376 g/mol. The molecule has 0 unspecified atom stereocenters. The van der Waals surface area contributed by atoms with Crippen molar-refractivity contribution in [2.45, 2.75) is 45.3 Å². The molecule has 1 aromatic carbocycles. The lowest BCUT2D eigenvalue weighted by Crippen LogP contribution is -2.55. The van der Waals surface area contributed by atoms with Crippen LogP contribution in [0.5, 0.6) is 0 Å². The number of hydrogen-bond donors (Lipinski definition) is 1. The molecule has 4 aliphatic rings. The molecule has 2 saturated heterocycles. The maximum absolute atomic E-state index is 12.8. The maximum Gasteiger partial charge on any atom is 0.311 e. The van der Waals surface area contributed by atoms with Crippen molar-refractivity contribution in [3.05, 3.63) is 42.0 Å². The third-order valence-electron chi connectivity index (χ3n) is 8.52. The van der Waals surface area contributed by atoms with E-state index in [-0.39, 0.29) is 29.3 Å². The Kier molecular flexibility index (Phi) is 5.14. The Balaban J connectivity index is 1.28. The number of rotatable bonds is 3. The molecule has 5 heteroatoms. The van der Waals surface area contributed by atoms with E-state index in [1.165, 1.54) is 11.3 Å². The number of hydrogen-bond acceptors (Lipinski definition) is 5. The lowest BCUT2D eigenvalue weighted by atomic mass is 9.55. The second-order valence-electron chi connectivity index (χ2n) is 9.92. The molecule has 0 amide bonds. The van der Waals surface area contributed by atoms with E-state index in [1.807, 2.05) is 6.07 Å². The molecular formula is C25H34N2O3. The van der Waals surface area contributed by atoms with E-state index in [0.717, 1.165) is 45.4 Å². The molecule has 30 heavy (non-hydrogen) atoms. The second kappa shape index (κ2) is 7.69. The van der Waals surface area contributed by atoms with Gasteiger partial charge in [0.15, 0.2) is 0 Å². The van der Waals surface area contributed by atoms with Gasteiger partial charge in [-0.05, 0) is 30.9 Å². The van der Waals surface area contributed by atoms with Crippen LogP contribution in [0.3, 0.4) is 0 Å². The van der Waals surface area contributed by atoms with E-state index < -0.39 is 6.10 Å². The van der Waals surface area contributed by atoms with Crippen molar-refractivity contribution in [2.24, 2.45) is 23.2 Å². The first-order valence-electron chi connectivity index (χ1n) is 11.6. The van der Waals surface area contributed by atoms with E-state index in [1.54, 1.807) is 0 Å². The Morgan fingerprint density at radius 2 is 1.90 bits per heavy atom. The Hall–Kier alpha value is -1.85. The molecule has 2 heterocycles. The molecule has 5 nitrogen and oxygen atoms in total. The maximum atomic E-state index is 12.8. The van der Waals surface area contributed by atoms with Crippen LogP contribution in [0.4, 0.5) is 5.69 Å². The fraction of sp³-hybridized carbons (Fsp3) is 0.640. The van der Waals surface area contributed by atoms with Crippen molar-refractivity contribution >= 4 is 11.7 Å². The Bertz CT molecular complexity index is 817. The summed E-state index contributed by atoms with van der Waals surface area (Å²) >= 11 is 0. The molecule has 1 aromatic rings. The van der Waals surface area contributed by atoms with Gasteiger partial charge in [0.1, 0.15) is 6.10 Å². The molecule has 2 aliphatic carbocycles. The van der Waals surface area contributed by atoms with Gasteiger partial charge in [-0.3, -0.25) is 9.69 Å². The van der Waals surface area contributed by atoms with Gasteiger partial charge >= 0.3 is 5.97 Å². The number of piperazine rings is 1. The molecule has 0 aromatic heterocycles. The largest absolute Gasteiger partial charge is 0.461 e. The fourth-order valence-corrected chi connectivity index (χ4v) is 6.38. The second-order valence-corrected chi connectivity index (χ2v) is 9.92. The Morgan fingerprint density at radius 1 is 1.17 bits per heavy atom. The summed E-state index contributed by atoms with van der Waals surface area (Å²) in [7, 11) is 0. The highest BCUT2D eigenvalue weighted by Gasteiger charge is 2.59. The van der Waals surface area contributed by atoms with Gasteiger partial charge in [0.25, 0.3) is 0 Å². The molecule has 3 fully saturated rings. The highest BCUT2D eigenvalue weighted by atomic mass is 16.6. The van der Waals surface area contributed by atoms with Crippen molar-refractivity contribution in [3.63, 3.8) is 0 Å². The van der Waals surface area contributed by atoms with Gasteiger partial charge in [-0.1, -0.05) is 43.7 Å². The summed E-state index contributed by atoms with van der Waals surface area (Å²) < 4.78 is 5.83. The number of esters is 1. The number of benzene rings is 1. The molecule has 2 aliphatic heterocycles. The monoisotopic (exact) mass is 410 g/mol. The SMILES string of the molecule is C[C@H]1CCC=C2C[C@H]3OC(=O)[C@H](CN4CCN(c5ccccc5)CC4)[C@@H]3[C@H](O)[C@@]21C. The van der Waals surface area contributed by atoms with Crippen LogP contribution in [0.15, 0.2) is 42.0 Å². The predicted octanol–water partition coefficient (Wildman–Crippen LogP) is 3.09. The highest BCUT2D eigenvalue weighted by Crippen LogP contribution is 2.56. The molecule has 162 valence electrons. The summed E-state index contributed by atoms with van der Waals surface area (Å²) in [5.41, 5.74) is 2.34. The molecule has 6 atom stereocenters. The van der Waals surface area contributed by atoms with Crippen molar-refractivity contribution in [2.75, 3.05) is 37.6 Å². The van der Waals surface area contributed by atoms with E-state index in [2.05, 4.69) is 54.0 Å². The predicted molar refractivity (Wildman–Crippen MR) is 117 cm³/mol. The zero-order chi connectivity index (χ0) is 20.9. The van der Waals surface area contributed by atoms with Crippen LogP contribution in [0, 0.1) is 23.2 Å². The van der Waals surface area contributed by atoms with Crippen LogP contribution in [0.2, 0.25) is 0 Å². The van der Waals surface area contributed by atoms with Gasteiger partial charge < -0.3 is 14.7 Å². The number of ether oxygens (including phenoxy) is 1. The van der Waals surface area contributed by atoms with Gasteiger partial charge in [0, 0.05) is 56.2 Å². The van der Waals surface area contributed by atoms with E-state index in [4.69, 9.17) is 4.74 Å². The van der Waals surface area contributed by atoms with Gasteiger partial charge in [-0.25, -0.2) is 0 Å². The number of fused-ring (bicyclic) bond motifs is 2. The van der Waals surface area contributed by atoms with Crippen molar-refractivity contribution in [1.82, 2.24) is 4.90 Å². The van der Waals surface area contributed by atoms with Gasteiger partial charge in [0.05, 0.1) is 12.0 Å². The van der Waals surface area contributed by atoms with E-state index >= 15 is 0 Å². The number of nitrogens with zero attached hydrogens (tertiary/aromatic N) is 2. The first kappa shape index (κ1) is 20.1. The number of carbonyl (C=O) groups excluding carboxylic acids is 1. The van der Waals surface area contributed by atoms with Crippen molar-refractivity contribution < 1.29 is 14.6 Å². The number of aliphatic hydroxyl groups is 1. The van der Waals surface area contributed by atoms with Gasteiger partial charge in [-0.15, -0.1) is 0 Å². The lowest BCUT2D eigenvalue weighted by molar-refractivity contribution is -0.145. The summed E-state index contributed by atoms with van der Waals surface area (Å²) in [6.45, 7) is 8.96. The summed E-state index contributed by atoms with van der Waals surface area (Å²) in [5.74, 6) is 0.0115. The normalized spacial score (nSPS) is 39.2. The topological polar surface area (TPSA) is 53.0 Å². The molecule has 0 spiro atoms.